The normalized spacial score (nSPS) is 14.9. The first-order valence-corrected chi connectivity index (χ1v) is 11.0. The molecule has 1 aliphatic rings. The van der Waals surface area contributed by atoms with E-state index in [1.165, 1.54) is 0 Å². The number of para-hydroxylation sites is 2. The van der Waals surface area contributed by atoms with E-state index in [2.05, 4.69) is 10.2 Å². The summed E-state index contributed by atoms with van der Waals surface area (Å²) in [5.74, 6) is 1.26. The Balaban J connectivity index is 1.25. The van der Waals surface area contributed by atoms with E-state index in [0.717, 1.165) is 17.1 Å². The van der Waals surface area contributed by atoms with E-state index >= 15 is 0 Å². The molecular weight excluding hydrogens is 436 g/mol. The Bertz CT molecular complexity index is 1400. The third-order valence-electron chi connectivity index (χ3n) is 5.97. The minimum Gasteiger partial charge on any atom is -0.486 e. The molecule has 174 valence electrons. The zero-order chi connectivity index (χ0) is 23.8. The molecule has 1 unspecified atom stereocenters. The SMILES string of the molecule is Cc1cc(C(=O)COC(=O)c2ccc3nnc(C)n3c2)c(C)n1CC1COc2ccccc2O1. The maximum absolute atomic E-state index is 12.9. The van der Waals surface area contributed by atoms with Gasteiger partial charge < -0.3 is 18.8 Å². The lowest BCUT2D eigenvalue weighted by Crippen LogP contribution is -2.33. The summed E-state index contributed by atoms with van der Waals surface area (Å²) in [6.45, 7) is 6.21. The van der Waals surface area contributed by atoms with Gasteiger partial charge >= 0.3 is 5.97 Å². The van der Waals surface area contributed by atoms with Crippen LogP contribution < -0.4 is 9.47 Å². The average molecular weight is 460 g/mol. The molecule has 0 aliphatic carbocycles. The molecule has 9 nitrogen and oxygen atoms in total. The number of aromatic nitrogens is 4. The molecule has 0 saturated carbocycles. The molecule has 1 atom stereocenters. The highest BCUT2D eigenvalue weighted by Crippen LogP contribution is 2.31. The van der Waals surface area contributed by atoms with E-state index in [0.29, 0.717) is 41.5 Å². The first kappa shape index (κ1) is 21.7. The molecule has 1 aliphatic heterocycles. The lowest BCUT2D eigenvalue weighted by Gasteiger charge is -2.27. The van der Waals surface area contributed by atoms with Crippen molar-refractivity contribution in [3.05, 3.63) is 77.0 Å². The van der Waals surface area contributed by atoms with Crippen LogP contribution in [0.3, 0.4) is 0 Å². The highest BCUT2D eigenvalue weighted by molar-refractivity contribution is 6.00. The number of nitrogens with zero attached hydrogens (tertiary/aromatic N) is 4. The standard InChI is InChI=1S/C25H24N4O5/c1-15-10-20(16(2)28(15)12-19-13-32-22-6-4-5-7-23(22)34-19)21(30)14-33-25(31)18-8-9-24-27-26-17(3)29(24)11-18/h4-11,19H,12-14H2,1-3H3. The summed E-state index contributed by atoms with van der Waals surface area (Å²) in [5, 5.41) is 7.96. The van der Waals surface area contributed by atoms with E-state index < -0.39 is 5.97 Å². The van der Waals surface area contributed by atoms with Gasteiger partial charge in [-0.2, -0.15) is 0 Å². The molecule has 0 N–H and O–H groups in total. The van der Waals surface area contributed by atoms with Crippen molar-refractivity contribution in [1.82, 2.24) is 19.2 Å². The number of carbonyl (C=O) groups excluding carboxylic acids is 2. The number of ketones is 1. The predicted molar refractivity (Wildman–Crippen MR) is 123 cm³/mol. The van der Waals surface area contributed by atoms with Crippen LogP contribution in [0.15, 0.2) is 48.7 Å². The smallest absolute Gasteiger partial charge is 0.340 e. The van der Waals surface area contributed by atoms with Crippen molar-refractivity contribution < 1.29 is 23.8 Å². The number of benzene rings is 1. The van der Waals surface area contributed by atoms with Crippen molar-refractivity contribution in [1.29, 1.82) is 0 Å². The molecule has 0 bridgehead atoms. The highest BCUT2D eigenvalue weighted by atomic mass is 16.6. The maximum Gasteiger partial charge on any atom is 0.340 e. The van der Waals surface area contributed by atoms with Crippen molar-refractivity contribution in [2.45, 2.75) is 33.4 Å². The van der Waals surface area contributed by atoms with Gasteiger partial charge in [-0.3, -0.25) is 9.20 Å². The van der Waals surface area contributed by atoms with Crippen molar-refractivity contribution >= 4 is 17.4 Å². The van der Waals surface area contributed by atoms with Gasteiger partial charge in [0, 0.05) is 23.1 Å². The number of pyridine rings is 1. The number of hydrogen-bond acceptors (Lipinski definition) is 7. The van der Waals surface area contributed by atoms with Crippen molar-refractivity contribution in [3.8, 4) is 11.5 Å². The largest absolute Gasteiger partial charge is 0.486 e. The van der Waals surface area contributed by atoms with Gasteiger partial charge in [-0.15, -0.1) is 10.2 Å². The Labute approximate surface area is 195 Å². The Kier molecular flexibility index (Phi) is 5.53. The van der Waals surface area contributed by atoms with Gasteiger partial charge in [0.1, 0.15) is 12.4 Å². The van der Waals surface area contributed by atoms with Crippen LogP contribution in [-0.4, -0.2) is 50.2 Å². The summed E-state index contributed by atoms with van der Waals surface area (Å²) >= 11 is 0. The van der Waals surface area contributed by atoms with Gasteiger partial charge in [-0.05, 0) is 51.1 Å². The van der Waals surface area contributed by atoms with Gasteiger partial charge in [0.2, 0.25) is 5.78 Å². The second kappa shape index (κ2) is 8.66. The summed E-state index contributed by atoms with van der Waals surface area (Å²) in [5.41, 5.74) is 3.19. The lowest BCUT2D eigenvalue weighted by molar-refractivity contribution is 0.0474. The molecule has 9 heteroatoms. The highest BCUT2D eigenvalue weighted by Gasteiger charge is 2.24. The molecule has 1 aromatic carbocycles. The minimum absolute atomic E-state index is 0.184. The van der Waals surface area contributed by atoms with Crippen molar-refractivity contribution in [2.24, 2.45) is 0 Å². The van der Waals surface area contributed by atoms with Crippen LogP contribution in [0, 0.1) is 20.8 Å². The third kappa shape index (κ3) is 4.00. The van der Waals surface area contributed by atoms with Gasteiger partial charge in [0.15, 0.2) is 29.9 Å². The molecular formula is C25H24N4O5. The third-order valence-corrected chi connectivity index (χ3v) is 5.97. The van der Waals surface area contributed by atoms with E-state index in [-0.39, 0.29) is 18.5 Å². The summed E-state index contributed by atoms with van der Waals surface area (Å²) in [7, 11) is 0. The number of aryl methyl sites for hydroxylation is 2. The van der Waals surface area contributed by atoms with Crippen LogP contribution in [0.1, 0.15) is 37.9 Å². The molecule has 34 heavy (non-hydrogen) atoms. The zero-order valence-corrected chi connectivity index (χ0v) is 19.1. The monoisotopic (exact) mass is 460 g/mol. The van der Waals surface area contributed by atoms with Crippen LogP contribution in [0.25, 0.3) is 5.65 Å². The molecule has 4 heterocycles. The first-order chi connectivity index (χ1) is 16.4. The number of ether oxygens (including phenoxy) is 3. The Hall–Kier alpha value is -4.14. The molecule has 5 rings (SSSR count). The Morgan fingerprint density at radius 3 is 2.71 bits per heavy atom. The van der Waals surface area contributed by atoms with Crippen LogP contribution in [0.2, 0.25) is 0 Å². The summed E-state index contributed by atoms with van der Waals surface area (Å²) < 4.78 is 20.9. The molecule has 0 radical (unpaired) electrons. The van der Waals surface area contributed by atoms with Crippen LogP contribution in [0.4, 0.5) is 0 Å². The van der Waals surface area contributed by atoms with E-state index in [4.69, 9.17) is 14.2 Å². The molecule has 0 amide bonds. The average Bonchev–Trinajstić information content (AvgIpc) is 3.36. The Morgan fingerprint density at radius 2 is 1.88 bits per heavy atom. The number of esters is 1. The number of carbonyl (C=O) groups is 2. The Morgan fingerprint density at radius 1 is 1.09 bits per heavy atom. The van der Waals surface area contributed by atoms with Gasteiger partial charge in [-0.1, -0.05) is 12.1 Å². The fraction of sp³-hybridized carbons (Fsp3) is 0.280. The van der Waals surface area contributed by atoms with E-state index in [9.17, 15) is 9.59 Å². The topological polar surface area (TPSA) is 97.0 Å². The molecule has 4 aromatic rings. The molecule has 0 fully saturated rings. The maximum atomic E-state index is 12.9. The van der Waals surface area contributed by atoms with Gasteiger partial charge in [0.25, 0.3) is 0 Å². The van der Waals surface area contributed by atoms with E-state index in [1.807, 2.05) is 48.7 Å². The van der Waals surface area contributed by atoms with Crippen LogP contribution in [0.5, 0.6) is 11.5 Å². The quantitative estimate of drug-likeness (QED) is 0.322. The lowest BCUT2D eigenvalue weighted by atomic mass is 10.1. The number of hydrogen-bond donors (Lipinski definition) is 0. The second-order valence-corrected chi connectivity index (χ2v) is 8.29. The predicted octanol–water partition coefficient (Wildman–Crippen LogP) is 3.34. The van der Waals surface area contributed by atoms with Gasteiger partial charge in [0.05, 0.1) is 12.1 Å². The van der Waals surface area contributed by atoms with Gasteiger partial charge in [-0.25, -0.2) is 4.79 Å². The summed E-state index contributed by atoms with van der Waals surface area (Å²) in [6.07, 6.45) is 1.42. The molecule has 0 spiro atoms. The second-order valence-electron chi connectivity index (χ2n) is 8.29. The molecule has 0 saturated heterocycles. The fourth-order valence-corrected chi connectivity index (χ4v) is 4.14. The molecule has 3 aromatic heterocycles. The number of rotatable bonds is 6. The summed E-state index contributed by atoms with van der Waals surface area (Å²) in [6, 6.07) is 12.7. The zero-order valence-electron chi connectivity index (χ0n) is 19.1. The number of Topliss-reactive ketones (excluding diaryl/α,β-unsaturated/α-hetero) is 1. The first-order valence-electron chi connectivity index (χ1n) is 11.0. The van der Waals surface area contributed by atoms with E-state index in [1.54, 1.807) is 29.7 Å². The van der Waals surface area contributed by atoms with Crippen molar-refractivity contribution in [2.75, 3.05) is 13.2 Å². The fourth-order valence-electron chi connectivity index (χ4n) is 4.14. The van der Waals surface area contributed by atoms with Crippen molar-refractivity contribution in [3.63, 3.8) is 0 Å². The minimum atomic E-state index is -0.580. The van der Waals surface area contributed by atoms with Crippen LogP contribution >= 0.6 is 0 Å². The van der Waals surface area contributed by atoms with Crippen LogP contribution in [-0.2, 0) is 11.3 Å². The number of fused-ring (bicyclic) bond motifs is 2. The summed E-state index contributed by atoms with van der Waals surface area (Å²) in [4.78, 5) is 25.4.